The van der Waals surface area contributed by atoms with Gasteiger partial charge in [-0.3, -0.25) is 0 Å². The topological polar surface area (TPSA) is 35.3 Å². The van der Waals surface area contributed by atoms with Gasteiger partial charge in [-0.15, -0.1) is 6.42 Å². The number of hydrogen-bond donors (Lipinski definition) is 0. The van der Waals surface area contributed by atoms with Gasteiger partial charge in [0.05, 0.1) is 0 Å². The van der Waals surface area contributed by atoms with Crippen LogP contribution in [-0.4, -0.2) is 11.6 Å². The summed E-state index contributed by atoms with van der Waals surface area (Å²) in [5, 5.41) is 0. The van der Waals surface area contributed by atoms with E-state index in [1.807, 2.05) is 12.1 Å². The van der Waals surface area contributed by atoms with E-state index in [1.165, 1.54) is 6.39 Å². The third-order valence-electron chi connectivity index (χ3n) is 1.63. The number of oxazole rings is 1. The minimum absolute atomic E-state index is 0.236. The van der Waals surface area contributed by atoms with Crippen LogP contribution >= 0.6 is 0 Å². The molecule has 1 aromatic carbocycles. The summed E-state index contributed by atoms with van der Waals surface area (Å²) < 4.78 is 10.4. The molecule has 0 N–H and O–H groups in total. The highest BCUT2D eigenvalue weighted by molar-refractivity contribution is 5.78. The van der Waals surface area contributed by atoms with Gasteiger partial charge in [-0.25, -0.2) is 4.98 Å². The average Bonchev–Trinajstić information content (AvgIpc) is 2.62. The predicted molar refractivity (Wildman–Crippen MR) is 48.3 cm³/mol. The molecule has 1 aromatic heterocycles. The lowest BCUT2D eigenvalue weighted by atomic mass is 10.3. The lowest BCUT2D eigenvalue weighted by molar-refractivity contribution is 0.368. The number of aromatic nitrogens is 1. The van der Waals surface area contributed by atoms with E-state index in [4.69, 9.17) is 15.6 Å². The van der Waals surface area contributed by atoms with Crippen molar-refractivity contribution in [3.63, 3.8) is 0 Å². The van der Waals surface area contributed by atoms with E-state index in [0.717, 1.165) is 5.52 Å². The summed E-state index contributed by atoms with van der Waals surface area (Å²) in [4.78, 5) is 3.99. The second-order valence-electron chi connectivity index (χ2n) is 2.45. The Labute approximate surface area is 75.3 Å². The largest absolute Gasteiger partial charge is 0.477 e. The molecule has 0 aliphatic carbocycles. The van der Waals surface area contributed by atoms with Crippen LogP contribution in [0.25, 0.3) is 11.1 Å². The molecule has 64 valence electrons. The Hall–Kier alpha value is -1.95. The molecule has 0 fully saturated rings. The molecular weight excluding hydrogens is 166 g/mol. The van der Waals surface area contributed by atoms with Crippen LogP contribution in [0.3, 0.4) is 0 Å². The van der Waals surface area contributed by atoms with Crippen molar-refractivity contribution in [2.75, 3.05) is 6.61 Å². The van der Waals surface area contributed by atoms with Crippen molar-refractivity contribution in [3.05, 3.63) is 24.6 Å². The maximum absolute atomic E-state index is 5.26. The molecule has 0 bridgehead atoms. The van der Waals surface area contributed by atoms with E-state index in [9.17, 15) is 0 Å². The van der Waals surface area contributed by atoms with E-state index >= 15 is 0 Å². The molecule has 0 spiro atoms. The van der Waals surface area contributed by atoms with Gasteiger partial charge in [0.2, 0.25) is 0 Å². The minimum Gasteiger partial charge on any atom is -0.477 e. The molecule has 13 heavy (non-hydrogen) atoms. The highest BCUT2D eigenvalue weighted by Gasteiger charge is 2.04. The van der Waals surface area contributed by atoms with Crippen molar-refractivity contribution in [2.45, 2.75) is 0 Å². The Morgan fingerprint density at radius 1 is 1.54 bits per heavy atom. The first kappa shape index (κ1) is 7.69. The number of fused-ring (bicyclic) bond motifs is 1. The first-order valence-electron chi connectivity index (χ1n) is 3.80. The molecule has 0 saturated heterocycles. The smallest absolute Gasteiger partial charge is 0.196 e. The van der Waals surface area contributed by atoms with E-state index in [1.54, 1.807) is 6.07 Å². The second kappa shape index (κ2) is 3.20. The first-order chi connectivity index (χ1) is 6.42. The summed E-state index contributed by atoms with van der Waals surface area (Å²) in [6.07, 6.45) is 6.46. The third-order valence-corrected chi connectivity index (χ3v) is 1.63. The van der Waals surface area contributed by atoms with Crippen LogP contribution in [0.2, 0.25) is 0 Å². The Morgan fingerprint density at radius 2 is 2.46 bits per heavy atom. The standard InChI is InChI=1S/C10H7NO2/c1-2-6-12-9-5-3-4-8-10(9)13-7-11-8/h1,3-5,7H,6H2. The zero-order valence-electron chi connectivity index (χ0n) is 6.86. The van der Waals surface area contributed by atoms with E-state index in [-0.39, 0.29) is 6.61 Å². The predicted octanol–water partition coefficient (Wildman–Crippen LogP) is 1.84. The van der Waals surface area contributed by atoms with Crippen LogP contribution in [-0.2, 0) is 0 Å². The number of ether oxygens (including phenoxy) is 1. The maximum Gasteiger partial charge on any atom is 0.196 e. The molecule has 0 atom stereocenters. The quantitative estimate of drug-likeness (QED) is 0.650. The average molecular weight is 173 g/mol. The molecule has 0 radical (unpaired) electrons. The third kappa shape index (κ3) is 1.34. The van der Waals surface area contributed by atoms with Gasteiger partial charge in [0, 0.05) is 0 Å². The molecule has 0 amide bonds. The summed E-state index contributed by atoms with van der Waals surface area (Å²) in [6, 6.07) is 5.49. The fourth-order valence-corrected chi connectivity index (χ4v) is 1.09. The van der Waals surface area contributed by atoms with Crippen LogP contribution in [0.15, 0.2) is 29.0 Å². The number of nitrogens with zero attached hydrogens (tertiary/aromatic N) is 1. The van der Waals surface area contributed by atoms with Crippen molar-refractivity contribution in [2.24, 2.45) is 0 Å². The molecule has 0 saturated carbocycles. The molecule has 1 heterocycles. The molecule has 2 rings (SSSR count). The van der Waals surface area contributed by atoms with Crippen molar-refractivity contribution in [1.29, 1.82) is 0 Å². The van der Waals surface area contributed by atoms with Gasteiger partial charge in [-0.1, -0.05) is 12.0 Å². The van der Waals surface area contributed by atoms with Gasteiger partial charge in [-0.05, 0) is 12.1 Å². The van der Waals surface area contributed by atoms with Crippen LogP contribution in [0.4, 0.5) is 0 Å². The summed E-state index contributed by atoms with van der Waals surface area (Å²) >= 11 is 0. The van der Waals surface area contributed by atoms with Crippen LogP contribution in [0.5, 0.6) is 5.75 Å². The molecule has 0 aliphatic heterocycles. The van der Waals surface area contributed by atoms with Crippen LogP contribution < -0.4 is 4.74 Å². The highest BCUT2D eigenvalue weighted by atomic mass is 16.5. The molecule has 3 nitrogen and oxygen atoms in total. The Kier molecular flexibility index (Phi) is 1.89. The van der Waals surface area contributed by atoms with E-state index in [2.05, 4.69) is 10.9 Å². The number of rotatable bonds is 2. The van der Waals surface area contributed by atoms with E-state index in [0.29, 0.717) is 11.3 Å². The van der Waals surface area contributed by atoms with Crippen molar-refractivity contribution >= 4 is 11.1 Å². The Balaban J connectivity index is 2.44. The Bertz CT molecular complexity index is 453. The van der Waals surface area contributed by atoms with Gasteiger partial charge in [0.25, 0.3) is 0 Å². The fraction of sp³-hybridized carbons (Fsp3) is 0.100. The summed E-state index contributed by atoms with van der Waals surface area (Å²) in [5.41, 5.74) is 1.41. The zero-order chi connectivity index (χ0) is 9.10. The van der Waals surface area contributed by atoms with E-state index < -0.39 is 0 Å². The van der Waals surface area contributed by atoms with Gasteiger partial charge in [0.1, 0.15) is 12.1 Å². The maximum atomic E-state index is 5.26. The van der Waals surface area contributed by atoms with Gasteiger partial charge in [0.15, 0.2) is 17.7 Å². The fourth-order valence-electron chi connectivity index (χ4n) is 1.09. The normalized spacial score (nSPS) is 9.77. The number of para-hydroxylation sites is 1. The number of benzene rings is 1. The second-order valence-corrected chi connectivity index (χ2v) is 2.45. The van der Waals surface area contributed by atoms with Gasteiger partial charge < -0.3 is 9.15 Å². The van der Waals surface area contributed by atoms with Crippen molar-refractivity contribution in [1.82, 2.24) is 4.98 Å². The first-order valence-corrected chi connectivity index (χ1v) is 3.80. The molecule has 3 heteroatoms. The van der Waals surface area contributed by atoms with Crippen molar-refractivity contribution in [3.8, 4) is 18.1 Å². The molecule has 2 aromatic rings. The highest BCUT2D eigenvalue weighted by Crippen LogP contribution is 2.23. The van der Waals surface area contributed by atoms with Crippen LogP contribution in [0.1, 0.15) is 0 Å². The lowest BCUT2D eigenvalue weighted by Gasteiger charge is -2.00. The monoisotopic (exact) mass is 173 g/mol. The SMILES string of the molecule is C#CCOc1cccc2ncoc12. The summed E-state index contributed by atoms with van der Waals surface area (Å²) in [5.74, 6) is 3.02. The zero-order valence-corrected chi connectivity index (χ0v) is 6.86. The van der Waals surface area contributed by atoms with Crippen molar-refractivity contribution < 1.29 is 9.15 Å². The molecule has 0 aliphatic rings. The lowest BCUT2D eigenvalue weighted by Crippen LogP contribution is -1.93. The minimum atomic E-state index is 0.236. The van der Waals surface area contributed by atoms with Gasteiger partial charge >= 0.3 is 0 Å². The Morgan fingerprint density at radius 3 is 3.31 bits per heavy atom. The summed E-state index contributed by atoms with van der Waals surface area (Å²) in [7, 11) is 0. The number of hydrogen-bond acceptors (Lipinski definition) is 3. The molecule has 0 unspecified atom stereocenters. The summed E-state index contributed by atoms with van der Waals surface area (Å²) in [6.45, 7) is 0.236. The number of terminal acetylenes is 1. The molecular formula is C10H7NO2. The van der Waals surface area contributed by atoms with Gasteiger partial charge in [-0.2, -0.15) is 0 Å². The van der Waals surface area contributed by atoms with Crippen LogP contribution in [0, 0.1) is 12.3 Å².